The van der Waals surface area contributed by atoms with Crippen LogP contribution in [0, 0.1) is 0 Å². The van der Waals surface area contributed by atoms with Crippen LogP contribution in [0.2, 0.25) is 0 Å². The molecular weight excluding hydrogens is 873 g/mol. The summed E-state index contributed by atoms with van der Waals surface area (Å²) in [5, 5.41) is 10.1. The highest BCUT2D eigenvalue weighted by Gasteiger charge is 2.24. The van der Waals surface area contributed by atoms with Crippen molar-refractivity contribution in [2.24, 2.45) is 0 Å². The second-order valence-corrected chi connectivity index (χ2v) is 22.6. The monoisotopic (exact) mass is 939 g/mol. The van der Waals surface area contributed by atoms with Gasteiger partial charge in [-0.25, -0.2) is 9.97 Å². The van der Waals surface area contributed by atoms with E-state index in [-0.39, 0.29) is 0 Å². The van der Waals surface area contributed by atoms with Crippen LogP contribution in [0.5, 0.6) is 0 Å². The lowest BCUT2D eigenvalue weighted by molar-refractivity contribution is 0.444. The van der Waals surface area contributed by atoms with Crippen LogP contribution >= 0.6 is 0 Å². The van der Waals surface area contributed by atoms with E-state index in [4.69, 9.17) is 19.9 Å². The van der Waals surface area contributed by atoms with Gasteiger partial charge in [0.15, 0.2) is 0 Å². The Labute approximate surface area is 424 Å². The number of rotatable bonds is 7. The molecule has 4 fully saturated rings. The molecule has 358 valence electrons. The summed E-state index contributed by atoms with van der Waals surface area (Å²) in [7, 11) is 0. The van der Waals surface area contributed by atoms with E-state index in [0.717, 1.165) is 55.7 Å². The lowest BCUT2D eigenvalue weighted by Gasteiger charge is -2.23. The van der Waals surface area contributed by atoms with Crippen molar-refractivity contribution < 1.29 is 0 Å². The molecule has 4 heteroatoms. The minimum absolute atomic E-state index is 0.615. The molecule has 0 bridgehead atoms. The fourth-order valence-corrected chi connectivity index (χ4v) is 14.3. The number of hydrogen-bond acceptors (Lipinski definition) is 4. The van der Waals surface area contributed by atoms with Crippen molar-refractivity contribution >= 4 is 65.2 Å². The third-order valence-electron chi connectivity index (χ3n) is 18.3. The Kier molecular flexibility index (Phi) is 11.6. The molecule has 0 aliphatic heterocycles. The highest BCUT2D eigenvalue weighted by molar-refractivity contribution is 6.24. The van der Waals surface area contributed by atoms with Gasteiger partial charge in [0.1, 0.15) is 0 Å². The van der Waals surface area contributed by atoms with Crippen LogP contribution in [0.15, 0.2) is 134 Å². The first kappa shape index (κ1) is 44.2. The molecule has 14 rings (SSSR count). The maximum Gasteiger partial charge on any atom is 0.0979 e. The van der Waals surface area contributed by atoms with Gasteiger partial charge in [0.2, 0.25) is 0 Å². The van der Waals surface area contributed by atoms with E-state index in [0.29, 0.717) is 23.7 Å². The number of benzene rings is 8. The predicted molar refractivity (Wildman–Crippen MR) is 302 cm³/mol. The van der Waals surface area contributed by atoms with Gasteiger partial charge in [-0.15, -0.1) is 0 Å². The van der Waals surface area contributed by atoms with Gasteiger partial charge in [-0.05, 0) is 166 Å². The second-order valence-electron chi connectivity index (χ2n) is 22.6. The lowest BCUT2D eigenvalue weighted by atomic mass is 9.82. The average molecular weight is 939 g/mol. The predicted octanol–water partition coefficient (Wildman–Crippen LogP) is 19.4. The van der Waals surface area contributed by atoms with Crippen molar-refractivity contribution in [3.05, 3.63) is 156 Å². The van der Waals surface area contributed by atoms with E-state index in [1.165, 1.54) is 194 Å². The molecule has 0 atom stereocenters. The summed E-state index contributed by atoms with van der Waals surface area (Å²) in [5.41, 5.74) is 16.2. The minimum Gasteiger partial charge on any atom is -0.252 e. The van der Waals surface area contributed by atoms with Crippen LogP contribution in [-0.2, 0) is 0 Å². The zero-order valence-corrected chi connectivity index (χ0v) is 41.9. The van der Waals surface area contributed by atoms with Gasteiger partial charge >= 0.3 is 0 Å². The largest absolute Gasteiger partial charge is 0.252 e. The lowest BCUT2D eigenvalue weighted by Crippen LogP contribution is -2.05. The SMILES string of the molecule is c1cc(-c2cccc(-c3cnc4c5cc(C6CCCCC6)ccc5c5ccc(C6CCCCC6)cc5c4n3)c2)cc(-c2cnc3c4cc(C5CCCCC5)ccc4c4ccc(C5CCCCC5)cc4c3n2)c1. The zero-order valence-electron chi connectivity index (χ0n) is 41.9. The molecule has 0 saturated heterocycles. The third-order valence-corrected chi connectivity index (χ3v) is 18.3. The summed E-state index contributed by atoms with van der Waals surface area (Å²) < 4.78 is 0. The molecule has 4 saturated carbocycles. The van der Waals surface area contributed by atoms with Gasteiger partial charge in [0, 0.05) is 32.7 Å². The topological polar surface area (TPSA) is 51.6 Å². The summed E-state index contributed by atoms with van der Waals surface area (Å²) in [5.74, 6) is 2.49. The third kappa shape index (κ3) is 8.05. The molecule has 0 radical (unpaired) electrons. The summed E-state index contributed by atoms with van der Waals surface area (Å²) in [6.07, 6.45) is 30.3. The van der Waals surface area contributed by atoms with Gasteiger partial charge in [-0.2, -0.15) is 0 Å². The normalized spacial score (nSPS) is 18.1. The van der Waals surface area contributed by atoms with Gasteiger partial charge in [-0.3, -0.25) is 9.97 Å². The second kappa shape index (κ2) is 18.8. The highest BCUT2D eigenvalue weighted by atomic mass is 14.8. The molecule has 0 amide bonds. The Morgan fingerprint density at radius 1 is 0.264 bits per heavy atom. The molecule has 4 aliphatic carbocycles. The van der Waals surface area contributed by atoms with Crippen LogP contribution in [0.25, 0.3) is 98.8 Å². The van der Waals surface area contributed by atoms with Crippen molar-refractivity contribution in [3.63, 3.8) is 0 Å². The Hall–Kier alpha value is -6.52. The Balaban J connectivity index is 0.861. The molecule has 0 spiro atoms. The van der Waals surface area contributed by atoms with Crippen molar-refractivity contribution in [1.82, 2.24) is 19.9 Å². The van der Waals surface area contributed by atoms with Gasteiger partial charge < -0.3 is 0 Å². The number of nitrogens with zero attached hydrogens (tertiary/aromatic N) is 4. The first-order valence-electron chi connectivity index (χ1n) is 28.2. The van der Waals surface area contributed by atoms with Crippen molar-refractivity contribution in [2.75, 3.05) is 0 Å². The maximum atomic E-state index is 5.61. The fourth-order valence-electron chi connectivity index (χ4n) is 14.3. The molecule has 0 unspecified atom stereocenters. The van der Waals surface area contributed by atoms with Gasteiger partial charge in [0.05, 0.1) is 45.8 Å². The van der Waals surface area contributed by atoms with E-state index in [2.05, 4.69) is 121 Å². The minimum atomic E-state index is 0.615. The van der Waals surface area contributed by atoms with Crippen molar-refractivity contribution in [1.29, 1.82) is 0 Å². The highest BCUT2D eigenvalue weighted by Crippen LogP contribution is 2.44. The average Bonchev–Trinajstić information content (AvgIpc) is 3.47. The Morgan fingerprint density at radius 2 is 0.556 bits per heavy atom. The first-order chi connectivity index (χ1) is 35.7. The van der Waals surface area contributed by atoms with E-state index < -0.39 is 0 Å². The van der Waals surface area contributed by atoms with Crippen molar-refractivity contribution in [2.45, 2.75) is 152 Å². The van der Waals surface area contributed by atoms with Gasteiger partial charge in [-0.1, -0.05) is 162 Å². The van der Waals surface area contributed by atoms with Crippen LogP contribution in [0.3, 0.4) is 0 Å². The molecule has 72 heavy (non-hydrogen) atoms. The summed E-state index contributed by atoms with van der Waals surface area (Å²) >= 11 is 0. The Morgan fingerprint density at radius 3 is 0.875 bits per heavy atom. The quantitative estimate of drug-likeness (QED) is 0.149. The van der Waals surface area contributed by atoms with E-state index >= 15 is 0 Å². The molecule has 0 N–H and O–H groups in total. The smallest absolute Gasteiger partial charge is 0.0979 e. The summed E-state index contributed by atoms with van der Waals surface area (Å²) in [6, 6.07) is 47.0. The first-order valence-corrected chi connectivity index (χ1v) is 28.2. The summed E-state index contributed by atoms with van der Waals surface area (Å²) in [6.45, 7) is 0. The molecule has 10 aromatic rings. The Bertz CT molecular complexity index is 3450. The van der Waals surface area contributed by atoms with E-state index in [1.807, 2.05) is 12.4 Å². The van der Waals surface area contributed by atoms with Crippen LogP contribution in [-0.4, -0.2) is 19.9 Å². The molecule has 8 aromatic carbocycles. The zero-order chi connectivity index (χ0) is 47.5. The molecule has 4 aliphatic rings. The number of hydrogen-bond donors (Lipinski definition) is 0. The fraction of sp³-hybridized carbons (Fsp3) is 0.353. The van der Waals surface area contributed by atoms with E-state index in [9.17, 15) is 0 Å². The summed E-state index contributed by atoms with van der Waals surface area (Å²) in [4.78, 5) is 22.0. The standard InChI is InChI=1S/C68H66N4/c1-5-15-43(16-6-1)49-27-31-55-57-33-29-51(45-19-9-3-10-20-45)39-61(57)67-65(59(55)37-49)69-41-63(71-67)53-25-13-23-47(35-53)48-24-14-26-54(36-48)64-42-70-66-60-38-50(44-17-7-2-8-18-44)28-32-56(60)58-34-30-52(40-62(58)68(66)72-64)46-21-11-4-12-22-46/h13-14,23-46H,1-12,15-22H2. The van der Waals surface area contributed by atoms with Gasteiger partial charge in [0.25, 0.3) is 0 Å². The molecule has 2 aromatic heterocycles. The van der Waals surface area contributed by atoms with Crippen LogP contribution < -0.4 is 0 Å². The number of fused-ring (bicyclic) bond motifs is 12. The molecular formula is C68H66N4. The molecule has 4 nitrogen and oxygen atoms in total. The van der Waals surface area contributed by atoms with Crippen LogP contribution in [0.4, 0.5) is 0 Å². The maximum absolute atomic E-state index is 5.61. The van der Waals surface area contributed by atoms with Crippen molar-refractivity contribution in [3.8, 4) is 33.6 Å². The molecule has 2 heterocycles. The van der Waals surface area contributed by atoms with E-state index in [1.54, 1.807) is 0 Å². The van der Waals surface area contributed by atoms with Crippen LogP contribution in [0.1, 0.15) is 174 Å². The number of aromatic nitrogens is 4.